The molecule has 26 heavy (non-hydrogen) atoms. The Balaban J connectivity index is 2.24. The van der Waals surface area contributed by atoms with E-state index >= 15 is 0 Å². The average molecular weight is 379 g/mol. The highest BCUT2D eigenvalue weighted by molar-refractivity contribution is 5.84. The number of carboxylic acids is 1. The number of nitrogens with one attached hydrogen (secondary N) is 1. The minimum absolute atomic E-state index is 0.600. The van der Waals surface area contributed by atoms with Crippen molar-refractivity contribution in [3.63, 3.8) is 0 Å². The molecular formula is C14H21NO11. The first-order chi connectivity index (χ1) is 12.1. The Morgan fingerprint density at radius 1 is 1.23 bits per heavy atom. The van der Waals surface area contributed by atoms with Crippen molar-refractivity contribution in [2.75, 3.05) is 6.61 Å². The Kier molecular flexibility index (Phi) is 6.52. The molecule has 0 radical (unpaired) electrons. The van der Waals surface area contributed by atoms with Crippen LogP contribution in [0.3, 0.4) is 0 Å². The molecule has 0 saturated carbocycles. The molecule has 8 atom stereocenters. The molecular weight excluding hydrogens is 358 g/mol. The Morgan fingerprint density at radius 3 is 2.42 bits per heavy atom. The number of aliphatic hydroxyl groups excluding tert-OH is 5. The van der Waals surface area contributed by atoms with Gasteiger partial charge in [-0.25, -0.2) is 4.79 Å². The lowest BCUT2D eigenvalue weighted by molar-refractivity contribution is -0.302. The van der Waals surface area contributed by atoms with Gasteiger partial charge in [-0.05, 0) is 6.08 Å². The van der Waals surface area contributed by atoms with Crippen molar-refractivity contribution in [3.05, 3.63) is 11.8 Å². The number of hydrogen-bond acceptors (Lipinski definition) is 10. The summed E-state index contributed by atoms with van der Waals surface area (Å²) < 4.78 is 15.3. The van der Waals surface area contributed by atoms with Crippen molar-refractivity contribution in [2.45, 2.75) is 56.1 Å². The van der Waals surface area contributed by atoms with Crippen LogP contribution in [0.15, 0.2) is 11.8 Å². The molecule has 12 nitrogen and oxygen atoms in total. The first-order valence-corrected chi connectivity index (χ1v) is 7.68. The Labute approximate surface area is 147 Å². The minimum Gasteiger partial charge on any atom is -0.475 e. The van der Waals surface area contributed by atoms with Gasteiger partial charge < -0.3 is 50.2 Å². The lowest BCUT2D eigenvalue weighted by Gasteiger charge is -2.44. The second kappa shape index (κ2) is 8.26. The van der Waals surface area contributed by atoms with E-state index in [-0.39, 0.29) is 0 Å². The van der Waals surface area contributed by atoms with Crippen LogP contribution < -0.4 is 5.32 Å². The first-order valence-electron chi connectivity index (χ1n) is 7.68. The van der Waals surface area contributed by atoms with Crippen molar-refractivity contribution in [1.82, 2.24) is 5.32 Å². The summed E-state index contributed by atoms with van der Waals surface area (Å²) in [7, 11) is 0. The van der Waals surface area contributed by atoms with E-state index in [2.05, 4.69) is 5.32 Å². The van der Waals surface area contributed by atoms with Gasteiger partial charge in [-0.15, -0.1) is 0 Å². The quantitative estimate of drug-likeness (QED) is 0.246. The van der Waals surface area contributed by atoms with Gasteiger partial charge in [-0.1, -0.05) is 0 Å². The molecule has 0 bridgehead atoms. The summed E-state index contributed by atoms with van der Waals surface area (Å²) in [4.78, 5) is 22.4. The molecule has 1 amide bonds. The number of carboxylic acid groups (broad SMARTS) is 1. The number of ether oxygens (including phenoxy) is 3. The zero-order chi connectivity index (χ0) is 19.6. The zero-order valence-electron chi connectivity index (χ0n) is 13.6. The van der Waals surface area contributed by atoms with E-state index in [1.165, 1.54) is 0 Å². The Hall–Kier alpha value is -1.80. The van der Waals surface area contributed by atoms with Crippen LogP contribution in [0.2, 0.25) is 0 Å². The van der Waals surface area contributed by atoms with Gasteiger partial charge in [0.1, 0.15) is 36.6 Å². The van der Waals surface area contributed by atoms with Crippen LogP contribution in [0.1, 0.15) is 6.92 Å². The van der Waals surface area contributed by atoms with E-state index in [4.69, 9.17) is 19.3 Å². The summed E-state index contributed by atoms with van der Waals surface area (Å²) >= 11 is 0. The van der Waals surface area contributed by atoms with Crippen LogP contribution in [0.5, 0.6) is 0 Å². The van der Waals surface area contributed by atoms with E-state index in [0.29, 0.717) is 0 Å². The van der Waals surface area contributed by atoms with Crippen molar-refractivity contribution in [2.24, 2.45) is 0 Å². The second-order valence-corrected chi connectivity index (χ2v) is 5.87. The molecule has 0 aromatic rings. The smallest absolute Gasteiger partial charge is 0.371 e. The standard InChI is InChI=1S/C14H21NO11/c1-4(17)15-8-11(10(20)7(3-16)24-13(8)23)26-14-9(19)5(18)2-6(25-14)12(21)22/h2,5,7-11,13-14,16,18-20,23H,3H2,1H3,(H,15,17)(H,21,22)/t5-,7+,8+,9+,10-,11+,13?,14-/m0/s1. The molecule has 7 N–H and O–H groups in total. The molecule has 12 heteroatoms. The molecule has 2 heterocycles. The van der Waals surface area contributed by atoms with Gasteiger partial charge in [0.2, 0.25) is 18.0 Å². The topological polar surface area (TPSA) is 195 Å². The number of aliphatic carboxylic acids is 1. The van der Waals surface area contributed by atoms with Gasteiger partial charge in [-0.2, -0.15) is 0 Å². The van der Waals surface area contributed by atoms with Crippen LogP contribution in [-0.2, 0) is 23.8 Å². The van der Waals surface area contributed by atoms with Gasteiger partial charge in [0.05, 0.1) is 6.61 Å². The van der Waals surface area contributed by atoms with Gasteiger partial charge in [-0.3, -0.25) is 4.79 Å². The lowest BCUT2D eigenvalue weighted by atomic mass is 9.96. The summed E-state index contributed by atoms with van der Waals surface area (Å²) in [5.74, 6) is -2.81. The summed E-state index contributed by atoms with van der Waals surface area (Å²) in [5, 5.41) is 60.5. The van der Waals surface area contributed by atoms with Gasteiger partial charge in [0.25, 0.3) is 0 Å². The molecule has 0 aliphatic carbocycles. The highest BCUT2D eigenvalue weighted by Crippen LogP contribution is 2.27. The predicted molar refractivity (Wildman–Crippen MR) is 79.1 cm³/mol. The fraction of sp³-hybridized carbons (Fsp3) is 0.714. The van der Waals surface area contributed by atoms with Gasteiger partial charge >= 0.3 is 5.97 Å². The number of carbonyl (C=O) groups is 2. The number of rotatable bonds is 5. The Morgan fingerprint density at radius 2 is 1.88 bits per heavy atom. The van der Waals surface area contributed by atoms with Crippen LogP contribution in [0, 0.1) is 0 Å². The molecule has 0 aromatic carbocycles. The molecule has 2 aliphatic heterocycles. The fourth-order valence-electron chi connectivity index (χ4n) is 2.67. The average Bonchev–Trinajstić information content (AvgIpc) is 2.56. The number of hydrogen-bond donors (Lipinski definition) is 7. The van der Waals surface area contributed by atoms with Crippen LogP contribution in [0.4, 0.5) is 0 Å². The van der Waals surface area contributed by atoms with E-state index in [9.17, 15) is 35.1 Å². The number of aliphatic hydroxyl groups is 5. The predicted octanol–water partition coefficient (Wildman–Crippen LogP) is -4.01. The SMILES string of the molecule is CC(=O)N[C@H]1C(O)O[C@H](CO)[C@H](O)[C@@H]1O[C@@H]1OC(C(=O)O)=C[C@H](O)[C@H]1O. The van der Waals surface area contributed by atoms with E-state index in [1.807, 2.05) is 0 Å². The monoisotopic (exact) mass is 379 g/mol. The molecule has 1 unspecified atom stereocenters. The molecule has 0 spiro atoms. The molecule has 2 rings (SSSR count). The van der Waals surface area contributed by atoms with E-state index in [1.54, 1.807) is 0 Å². The third-order valence-corrected chi connectivity index (χ3v) is 3.94. The normalized spacial score (nSPS) is 40.3. The van der Waals surface area contributed by atoms with Crippen molar-refractivity contribution in [3.8, 4) is 0 Å². The van der Waals surface area contributed by atoms with Crippen molar-refractivity contribution >= 4 is 11.9 Å². The molecule has 1 saturated heterocycles. The minimum atomic E-state index is -1.73. The number of carbonyl (C=O) groups excluding carboxylic acids is 1. The molecule has 0 aromatic heterocycles. The Bertz CT molecular complexity index is 567. The second-order valence-electron chi connectivity index (χ2n) is 5.87. The summed E-state index contributed by atoms with van der Waals surface area (Å²) in [6.07, 6.45) is -10.3. The summed E-state index contributed by atoms with van der Waals surface area (Å²) in [5.41, 5.74) is 0. The van der Waals surface area contributed by atoms with Gasteiger partial charge in [0, 0.05) is 6.92 Å². The van der Waals surface area contributed by atoms with Crippen LogP contribution >= 0.6 is 0 Å². The van der Waals surface area contributed by atoms with Crippen LogP contribution in [0.25, 0.3) is 0 Å². The highest BCUT2D eigenvalue weighted by Gasteiger charge is 2.49. The van der Waals surface area contributed by atoms with Crippen molar-refractivity contribution < 1.29 is 54.4 Å². The number of amides is 1. The van der Waals surface area contributed by atoms with Crippen LogP contribution in [-0.4, -0.2) is 98.3 Å². The third kappa shape index (κ3) is 4.29. The lowest BCUT2D eigenvalue weighted by Crippen LogP contribution is -2.66. The van der Waals surface area contributed by atoms with E-state index in [0.717, 1.165) is 13.0 Å². The molecule has 148 valence electrons. The maximum absolute atomic E-state index is 11.3. The molecule has 1 fully saturated rings. The maximum atomic E-state index is 11.3. The zero-order valence-corrected chi connectivity index (χ0v) is 13.6. The van der Waals surface area contributed by atoms with Crippen molar-refractivity contribution in [1.29, 1.82) is 0 Å². The van der Waals surface area contributed by atoms with E-state index < -0.39 is 73.4 Å². The maximum Gasteiger partial charge on any atom is 0.371 e. The molecule has 2 aliphatic rings. The summed E-state index contributed by atoms with van der Waals surface area (Å²) in [6.45, 7) is 0.442. The third-order valence-electron chi connectivity index (χ3n) is 3.94. The summed E-state index contributed by atoms with van der Waals surface area (Å²) in [6, 6.07) is -1.32. The first kappa shape index (κ1) is 20.5. The highest BCUT2D eigenvalue weighted by atomic mass is 16.7. The fourth-order valence-corrected chi connectivity index (χ4v) is 2.67. The van der Waals surface area contributed by atoms with Gasteiger partial charge in [0.15, 0.2) is 6.29 Å². The largest absolute Gasteiger partial charge is 0.475 e.